The monoisotopic (exact) mass is 349 g/mol. The molecule has 3 aromatic rings. The van der Waals surface area contributed by atoms with Crippen molar-refractivity contribution in [2.75, 3.05) is 12.4 Å². The second-order valence-corrected chi connectivity index (χ2v) is 5.57. The van der Waals surface area contributed by atoms with Crippen molar-refractivity contribution in [3.05, 3.63) is 58.2 Å². The Labute approximate surface area is 149 Å². The summed E-state index contributed by atoms with van der Waals surface area (Å²) in [5.74, 6) is 1.05. The van der Waals surface area contributed by atoms with Gasteiger partial charge >= 0.3 is 0 Å². The molecule has 3 rings (SSSR count). The first-order valence-electron chi connectivity index (χ1n) is 7.33. The molecule has 0 amide bonds. The van der Waals surface area contributed by atoms with Gasteiger partial charge in [-0.05, 0) is 35.9 Å². The van der Waals surface area contributed by atoms with E-state index in [4.69, 9.17) is 21.6 Å². The molecule has 6 nitrogen and oxygen atoms in total. The summed E-state index contributed by atoms with van der Waals surface area (Å²) in [7, 11) is 1.52. The number of anilines is 1. The van der Waals surface area contributed by atoms with E-state index in [1.54, 1.807) is 30.3 Å². The van der Waals surface area contributed by atoms with Gasteiger partial charge in [-0.25, -0.2) is 0 Å². The quantitative estimate of drug-likeness (QED) is 0.772. The molecule has 0 bridgehead atoms. The van der Waals surface area contributed by atoms with Crippen LogP contribution in [0, 0.1) is 22.7 Å². The molecule has 0 saturated carbocycles. The Morgan fingerprint density at radius 1 is 1.08 bits per heavy atom. The first-order valence-corrected chi connectivity index (χ1v) is 7.71. The molecule has 0 spiro atoms. The third-order valence-electron chi connectivity index (χ3n) is 3.71. The smallest absolute Gasteiger partial charge is 0.159 e. The topological polar surface area (TPSA) is 94.6 Å². The van der Waals surface area contributed by atoms with Crippen molar-refractivity contribution in [2.24, 2.45) is 0 Å². The van der Waals surface area contributed by atoms with Crippen LogP contribution in [0.1, 0.15) is 16.7 Å². The zero-order valence-electron chi connectivity index (χ0n) is 13.2. The van der Waals surface area contributed by atoms with Crippen LogP contribution >= 0.6 is 11.6 Å². The van der Waals surface area contributed by atoms with Crippen LogP contribution in [-0.4, -0.2) is 17.3 Å². The Hall–Kier alpha value is -3.35. The highest BCUT2D eigenvalue weighted by molar-refractivity contribution is 6.34. The van der Waals surface area contributed by atoms with Gasteiger partial charge in [0.2, 0.25) is 0 Å². The van der Waals surface area contributed by atoms with Crippen molar-refractivity contribution in [1.82, 2.24) is 10.2 Å². The number of hydrogen-bond acceptors (Lipinski definition) is 6. The molecule has 7 heteroatoms. The molecule has 0 aliphatic carbocycles. The van der Waals surface area contributed by atoms with Crippen LogP contribution in [0.25, 0.3) is 10.8 Å². The first-order chi connectivity index (χ1) is 12.2. The zero-order valence-corrected chi connectivity index (χ0v) is 14.0. The number of nitrogens with one attached hydrogen (secondary N) is 1. The number of nitrogens with zero attached hydrogens (tertiary/aromatic N) is 4. The molecule has 1 aromatic heterocycles. The number of hydrogen-bond donors (Lipinski definition) is 1. The average Bonchev–Trinajstić information content (AvgIpc) is 2.66. The van der Waals surface area contributed by atoms with Gasteiger partial charge in [0.05, 0.1) is 24.3 Å². The largest absolute Gasteiger partial charge is 0.495 e. The summed E-state index contributed by atoms with van der Waals surface area (Å²) in [6, 6.07) is 14.7. The zero-order chi connectivity index (χ0) is 17.8. The SMILES string of the molecule is COc1ccc(CNc2nnc(Cl)c3ccc(C#N)cc23)cc1C#N. The molecule has 0 aliphatic heterocycles. The standard InChI is InChI=1S/C18H12ClN5O/c1-25-16-5-3-12(6-13(16)9-21)10-22-18-15-7-11(8-20)2-4-14(15)17(19)23-24-18/h2-7H,10H2,1H3,(H,22,24). The molecule has 0 fully saturated rings. The van der Waals surface area contributed by atoms with Crippen LogP contribution in [-0.2, 0) is 6.54 Å². The van der Waals surface area contributed by atoms with E-state index in [0.717, 1.165) is 5.56 Å². The minimum Gasteiger partial charge on any atom is -0.495 e. The van der Waals surface area contributed by atoms with Gasteiger partial charge in [0, 0.05) is 17.3 Å². The Bertz CT molecular complexity index is 1040. The molecule has 1 heterocycles. The summed E-state index contributed by atoms with van der Waals surface area (Å²) in [5, 5.41) is 31.2. The lowest BCUT2D eigenvalue weighted by Crippen LogP contribution is -2.04. The van der Waals surface area contributed by atoms with Crippen LogP contribution in [0.2, 0.25) is 5.15 Å². The summed E-state index contributed by atoms with van der Waals surface area (Å²) in [4.78, 5) is 0. The number of aromatic nitrogens is 2. The van der Waals surface area contributed by atoms with Crippen LogP contribution in [0.4, 0.5) is 5.82 Å². The average molecular weight is 350 g/mol. The van der Waals surface area contributed by atoms with E-state index in [2.05, 4.69) is 27.7 Å². The normalized spacial score (nSPS) is 10.1. The Balaban J connectivity index is 1.93. The first kappa shape index (κ1) is 16.5. The van der Waals surface area contributed by atoms with Crippen LogP contribution < -0.4 is 10.1 Å². The molecule has 0 unspecified atom stereocenters. The Kier molecular flexibility index (Phi) is 4.65. The molecule has 122 valence electrons. The maximum atomic E-state index is 9.17. The van der Waals surface area contributed by atoms with E-state index in [1.807, 2.05) is 6.07 Å². The number of halogens is 1. The maximum absolute atomic E-state index is 9.17. The molecular formula is C18H12ClN5O. The van der Waals surface area contributed by atoms with E-state index in [0.29, 0.717) is 40.0 Å². The summed E-state index contributed by atoms with van der Waals surface area (Å²) < 4.78 is 5.14. The van der Waals surface area contributed by atoms with Crippen molar-refractivity contribution in [1.29, 1.82) is 10.5 Å². The lowest BCUT2D eigenvalue weighted by atomic mass is 10.1. The Morgan fingerprint density at radius 3 is 2.64 bits per heavy atom. The van der Waals surface area contributed by atoms with Crippen molar-refractivity contribution in [3.8, 4) is 17.9 Å². The van der Waals surface area contributed by atoms with Gasteiger partial charge in [-0.3, -0.25) is 0 Å². The van der Waals surface area contributed by atoms with Crippen LogP contribution in [0.3, 0.4) is 0 Å². The number of fused-ring (bicyclic) bond motifs is 1. The second-order valence-electron chi connectivity index (χ2n) is 5.21. The van der Waals surface area contributed by atoms with Gasteiger partial charge in [0.15, 0.2) is 11.0 Å². The number of ether oxygens (including phenoxy) is 1. The van der Waals surface area contributed by atoms with Crippen molar-refractivity contribution < 1.29 is 4.74 Å². The van der Waals surface area contributed by atoms with Crippen molar-refractivity contribution >= 4 is 28.2 Å². The predicted molar refractivity (Wildman–Crippen MR) is 94.3 cm³/mol. The van der Waals surface area contributed by atoms with Crippen LogP contribution in [0.15, 0.2) is 36.4 Å². The third kappa shape index (κ3) is 3.30. The van der Waals surface area contributed by atoms with Crippen molar-refractivity contribution in [2.45, 2.75) is 6.54 Å². The molecule has 0 aliphatic rings. The van der Waals surface area contributed by atoms with Crippen molar-refractivity contribution in [3.63, 3.8) is 0 Å². The van der Waals surface area contributed by atoms with Gasteiger partial charge in [-0.15, -0.1) is 10.2 Å². The lowest BCUT2D eigenvalue weighted by molar-refractivity contribution is 0.413. The minimum absolute atomic E-state index is 0.279. The summed E-state index contributed by atoms with van der Waals surface area (Å²) in [6.45, 7) is 0.431. The molecule has 0 saturated heterocycles. The molecule has 0 radical (unpaired) electrons. The van der Waals surface area contributed by atoms with Gasteiger partial charge < -0.3 is 10.1 Å². The van der Waals surface area contributed by atoms with E-state index >= 15 is 0 Å². The Morgan fingerprint density at radius 2 is 1.92 bits per heavy atom. The minimum atomic E-state index is 0.279. The van der Waals surface area contributed by atoms with E-state index in [1.165, 1.54) is 7.11 Å². The highest BCUT2D eigenvalue weighted by Gasteiger charge is 2.10. The number of rotatable bonds is 4. The molecule has 1 N–H and O–H groups in total. The highest BCUT2D eigenvalue weighted by Crippen LogP contribution is 2.27. The summed E-state index contributed by atoms with van der Waals surface area (Å²) >= 11 is 6.08. The van der Waals surface area contributed by atoms with E-state index < -0.39 is 0 Å². The highest BCUT2D eigenvalue weighted by atomic mass is 35.5. The van der Waals surface area contributed by atoms with Gasteiger partial charge in [0.1, 0.15) is 11.8 Å². The van der Waals surface area contributed by atoms with Crippen LogP contribution in [0.5, 0.6) is 5.75 Å². The fraction of sp³-hybridized carbons (Fsp3) is 0.111. The predicted octanol–water partition coefficient (Wildman–Crippen LogP) is 3.65. The number of methoxy groups -OCH3 is 1. The molecule has 25 heavy (non-hydrogen) atoms. The fourth-order valence-corrected chi connectivity index (χ4v) is 2.66. The second kappa shape index (κ2) is 7.04. The van der Waals surface area contributed by atoms with E-state index in [9.17, 15) is 5.26 Å². The summed E-state index contributed by atoms with van der Waals surface area (Å²) in [5.41, 5.74) is 1.86. The summed E-state index contributed by atoms with van der Waals surface area (Å²) in [6.07, 6.45) is 0. The molecule has 2 aromatic carbocycles. The fourth-order valence-electron chi connectivity index (χ4n) is 2.46. The van der Waals surface area contributed by atoms with Gasteiger partial charge in [0.25, 0.3) is 0 Å². The van der Waals surface area contributed by atoms with Gasteiger partial charge in [-0.2, -0.15) is 10.5 Å². The number of benzene rings is 2. The maximum Gasteiger partial charge on any atom is 0.159 e. The third-order valence-corrected chi connectivity index (χ3v) is 3.99. The molecular weight excluding hydrogens is 338 g/mol. The van der Waals surface area contributed by atoms with E-state index in [-0.39, 0.29) is 5.15 Å². The lowest BCUT2D eigenvalue weighted by Gasteiger charge is -2.10. The number of nitriles is 2. The van der Waals surface area contributed by atoms with Gasteiger partial charge in [-0.1, -0.05) is 17.7 Å². The molecule has 0 atom stereocenters.